The van der Waals surface area contributed by atoms with Gasteiger partial charge in [-0.1, -0.05) is 50.7 Å². The van der Waals surface area contributed by atoms with Crippen LogP contribution < -0.4 is 4.74 Å². The standard InChI is InChI=1S/C21H25ClO6.2C3H8O2.2CH4.H2O/c1-2-27-15-6-3-12(4-7-15)9-14-10-13(5-8-16(14)22)21-20(26)19(25)18(24)17(11-23)28-21;2*1-3(5)2-4;;;/h3-8,10,17-21,23-26H,2,9,11H2,1H3;2*3-5H,2H2,1H3;2*1H4;1H2/t17-,18-,19+,20-,21+;2*3-;;;/m100.../s1. The highest BCUT2D eigenvalue weighted by Crippen LogP contribution is 2.34. The maximum absolute atomic E-state index is 10.3. The lowest BCUT2D eigenvalue weighted by Gasteiger charge is -2.40. The molecule has 10 N–H and O–H groups in total. The topological polar surface area (TPSA) is 212 Å². The molecular formula is C29H51ClO11. The van der Waals surface area contributed by atoms with Crippen LogP contribution in [0.5, 0.6) is 5.75 Å². The van der Waals surface area contributed by atoms with Crippen LogP contribution in [0.2, 0.25) is 5.02 Å². The van der Waals surface area contributed by atoms with Crippen molar-refractivity contribution in [2.24, 2.45) is 0 Å². The van der Waals surface area contributed by atoms with E-state index in [-0.39, 0.29) is 33.5 Å². The van der Waals surface area contributed by atoms with E-state index in [2.05, 4.69) is 0 Å². The van der Waals surface area contributed by atoms with Crippen molar-refractivity contribution in [2.75, 3.05) is 26.4 Å². The molecule has 0 amide bonds. The molecule has 1 aliphatic heterocycles. The van der Waals surface area contributed by atoms with Gasteiger partial charge in [-0.05, 0) is 62.1 Å². The second-order valence-corrected chi connectivity index (χ2v) is 9.32. The third-order valence-corrected chi connectivity index (χ3v) is 5.82. The van der Waals surface area contributed by atoms with Gasteiger partial charge in [-0.3, -0.25) is 0 Å². The molecule has 0 saturated carbocycles. The lowest BCUT2D eigenvalue weighted by molar-refractivity contribution is -0.231. The molecular weight excluding hydrogens is 560 g/mol. The Morgan fingerprint density at radius 3 is 1.80 bits per heavy atom. The number of hydrogen-bond acceptors (Lipinski definition) is 10. The van der Waals surface area contributed by atoms with E-state index in [0.29, 0.717) is 23.6 Å². The zero-order valence-corrected chi connectivity index (χ0v) is 23.1. The van der Waals surface area contributed by atoms with E-state index < -0.39 is 49.3 Å². The Morgan fingerprint density at radius 1 is 0.854 bits per heavy atom. The average molecular weight is 611 g/mol. The van der Waals surface area contributed by atoms with E-state index in [0.717, 1.165) is 16.9 Å². The molecule has 1 aliphatic rings. The van der Waals surface area contributed by atoms with Crippen LogP contribution in [0.15, 0.2) is 42.5 Å². The Kier molecular flexibility index (Phi) is 24.1. The highest BCUT2D eigenvalue weighted by Gasteiger charge is 2.44. The fourth-order valence-electron chi connectivity index (χ4n) is 3.37. The molecule has 7 atom stereocenters. The number of halogens is 1. The zero-order chi connectivity index (χ0) is 28.8. The number of ether oxygens (including phenoxy) is 2. The number of hydrogen-bond donors (Lipinski definition) is 8. The first-order valence-corrected chi connectivity index (χ1v) is 12.7. The molecule has 2 aromatic rings. The van der Waals surface area contributed by atoms with Crippen molar-refractivity contribution >= 4 is 11.6 Å². The van der Waals surface area contributed by atoms with Crippen LogP contribution >= 0.6 is 11.6 Å². The minimum atomic E-state index is -1.42. The van der Waals surface area contributed by atoms with E-state index in [1.54, 1.807) is 12.1 Å². The number of aliphatic hydroxyl groups excluding tert-OH is 8. The summed E-state index contributed by atoms with van der Waals surface area (Å²) in [6.07, 6.45) is -6.51. The van der Waals surface area contributed by atoms with Crippen LogP contribution in [0.3, 0.4) is 0 Å². The van der Waals surface area contributed by atoms with E-state index in [9.17, 15) is 20.4 Å². The normalized spacial score (nSPS) is 22.5. The molecule has 0 radical (unpaired) electrons. The molecule has 0 aromatic heterocycles. The average Bonchev–Trinajstić information content (AvgIpc) is 2.91. The van der Waals surface area contributed by atoms with Crippen molar-refractivity contribution in [3.05, 3.63) is 64.2 Å². The smallest absolute Gasteiger partial charge is 0.119 e. The van der Waals surface area contributed by atoms with Crippen LogP contribution in [0.1, 0.15) is 58.4 Å². The number of rotatable bonds is 8. The van der Waals surface area contributed by atoms with Gasteiger partial charge in [0.15, 0.2) is 0 Å². The van der Waals surface area contributed by atoms with Gasteiger partial charge >= 0.3 is 0 Å². The van der Waals surface area contributed by atoms with Crippen molar-refractivity contribution in [3.63, 3.8) is 0 Å². The lowest BCUT2D eigenvalue weighted by atomic mass is 9.90. The van der Waals surface area contributed by atoms with Crippen molar-refractivity contribution < 1.29 is 55.8 Å². The third-order valence-electron chi connectivity index (χ3n) is 5.45. The van der Waals surface area contributed by atoms with Gasteiger partial charge in [0.2, 0.25) is 0 Å². The first-order valence-electron chi connectivity index (χ1n) is 12.4. The van der Waals surface area contributed by atoms with Gasteiger partial charge in [0.25, 0.3) is 0 Å². The summed E-state index contributed by atoms with van der Waals surface area (Å²) in [4.78, 5) is 0. The maximum Gasteiger partial charge on any atom is 0.119 e. The van der Waals surface area contributed by atoms with E-state index >= 15 is 0 Å². The molecule has 0 spiro atoms. The van der Waals surface area contributed by atoms with Gasteiger partial charge in [0.1, 0.15) is 36.3 Å². The molecule has 3 rings (SSSR count). The minimum absolute atomic E-state index is 0. The fraction of sp³-hybridized carbons (Fsp3) is 0.586. The Balaban J connectivity index is -0.000000961. The van der Waals surface area contributed by atoms with Crippen molar-refractivity contribution in [3.8, 4) is 5.75 Å². The lowest BCUT2D eigenvalue weighted by Crippen LogP contribution is -2.55. The molecule has 11 nitrogen and oxygen atoms in total. The fourth-order valence-corrected chi connectivity index (χ4v) is 3.56. The molecule has 1 saturated heterocycles. The summed E-state index contributed by atoms with van der Waals surface area (Å²) >= 11 is 6.35. The SMILES string of the molecule is C.C.CCOc1ccc(Cc2cc([C@@H]3O[C@H](CO)[C@@H](O)[C@H](O)[C@H]3O)ccc2Cl)cc1.C[C@H](O)CO.C[C@H](O)CO.O. The Morgan fingerprint density at radius 2 is 1.37 bits per heavy atom. The van der Waals surface area contributed by atoms with E-state index in [1.807, 2.05) is 37.3 Å². The number of benzene rings is 2. The first-order chi connectivity index (χ1) is 18.0. The van der Waals surface area contributed by atoms with Crippen LogP contribution in [0.4, 0.5) is 0 Å². The molecule has 1 fully saturated rings. The molecule has 1 heterocycles. The van der Waals surface area contributed by atoms with Gasteiger partial charge in [0.05, 0.1) is 38.6 Å². The van der Waals surface area contributed by atoms with Crippen molar-refractivity contribution in [1.29, 1.82) is 0 Å². The molecule has 0 unspecified atom stereocenters. The largest absolute Gasteiger partial charge is 0.494 e. The second-order valence-electron chi connectivity index (χ2n) is 8.92. The molecule has 240 valence electrons. The van der Waals surface area contributed by atoms with Gasteiger partial charge in [0, 0.05) is 5.02 Å². The summed E-state index contributed by atoms with van der Waals surface area (Å²) in [6.45, 7) is 4.85. The van der Waals surface area contributed by atoms with Gasteiger partial charge in [-0.15, -0.1) is 0 Å². The number of aliphatic hydroxyl groups is 8. The summed E-state index contributed by atoms with van der Waals surface area (Å²) in [5.41, 5.74) is 2.49. The van der Waals surface area contributed by atoms with Crippen molar-refractivity contribution in [1.82, 2.24) is 0 Å². The highest BCUT2D eigenvalue weighted by molar-refractivity contribution is 6.31. The second kappa shape index (κ2) is 22.7. The summed E-state index contributed by atoms with van der Waals surface area (Å²) in [7, 11) is 0. The van der Waals surface area contributed by atoms with Gasteiger partial charge in [-0.2, -0.15) is 0 Å². The first kappa shape index (κ1) is 43.6. The van der Waals surface area contributed by atoms with Crippen LogP contribution in [-0.4, -0.2) is 109 Å². The summed E-state index contributed by atoms with van der Waals surface area (Å²) in [6, 6.07) is 12.9. The van der Waals surface area contributed by atoms with Gasteiger partial charge < -0.3 is 55.8 Å². The van der Waals surface area contributed by atoms with Crippen LogP contribution in [0.25, 0.3) is 0 Å². The maximum atomic E-state index is 10.3. The predicted octanol–water partition coefficient (Wildman–Crippen LogP) is 1.01. The monoisotopic (exact) mass is 610 g/mol. The quantitative estimate of drug-likeness (QED) is 0.212. The molecule has 12 heteroatoms. The molecule has 41 heavy (non-hydrogen) atoms. The van der Waals surface area contributed by atoms with Gasteiger partial charge in [-0.25, -0.2) is 0 Å². The predicted molar refractivity (Wildman–Crippen MR) is 159 cm³/mol. The molecule has 2 aromatic carbocycles. The molecule has 0 aliphatic carbocycles. The molecule has 0 bridgehead atoms. The highest BCUT2D eigenvalue weighted by atomic mass is 35.5. The van der Waals surface area contributed by atoms with E-state index in [1.165, 1.54) is 13.8 Å². The van der Waals surface area contributed by atoms with Crippen LogP contribution in [-0.2, 0) is 11.2 Å². The van der Waals surface area contributed by atoms with Crippen LogP contribution in [0, 0.1) is 0 Å². The summed E-state index contributed by atoms with van der Waals surface area (Å²) in [5.74, 6) is 0.799. The zero-order valence-electron chi connectivity index (χ0n) is 22.4. The van der Waals surface area contributed by atoms with Crippen molar-refractivity contribution in [2.45, 2.75) is 84.8 Å². The summed E-state index contributed by atoms with van der Waals surface area (Å²) < 4.78 is 11.1. The van der Waals surface area contributed by atoms with E-state index in [4.69, 9.17) is 41.5 Å². The Hall–Kier alpha value is -1.87. The Bertz CT molecular complexity index is 902. The minimum Gasteiger partial charge on any atom is -0.494 e. The third kappa shape index (κ3) is 14.7. The Labute approximate surface area is 248 Å². The summed E-state index contributed by atoms with van der Waals surface area (Å²) in [5, 5.41) is 72.3.